The van der Waals surface area contributed by atoms with E-state index in [9.17, 15) is 0 Å². The summed E-state index contributed by atoms with van der Waals surface area (Å²) < 4.78 is 5.50. The van der Waals surface area contributed by atoms with Crippen molar-refractivity contribution in [2.24, 2.45) is 0 Å². The Labute approximate surface area is 110 Å². The Hall–Kier alpha value is -1.22. The molecule has 1 heterocycles. The molecular formula is C15H24N2O. The molecule has 0 spiro atoms. The lowest BCUT2D eigenvalue weighted by Gasteiger charge is -2.40. The molecule has 0 aromatic heterocycles. The number of nitrogens with one attached hydrogen (secondary N) is 1. The van der Waals surface area contributed by atoms with Crippen LogP contribution in [0.2, 0.25) is 0 Å². The highest BCUT2D eigenvalue weighted by Gasteiger charge is 2.29. The molecule has 3 nitrogen and oxygen atoms in total. The number of anilines is 1. The van der Waals surface area contributed by atoms with Crippen molar-refractivity contribution in [2.75, 3.05) is 32.1 Å². The Morgan fingerprint density at radius 3 is 2.50 bits per heavy atom. The van der Waals surface area contributed by atoms with E-state index < -0.39 is 0 Å². The summed E-state index contributed by atoms with van der Waals surface area (Å²) in [6, 6.07) is 6.45. The number of hydrogen-bond donors (Lipinski definition) is 1. The van der Waals surface area contributed by atoms with Crippen molar-refractivity contribution in [1.29, 1.82) is 0 Å². The minimum absolute atomic E-state index is 0.286. The summed E-state index contributed by atoms with van der Waals surface area (Å²) in [5.41, 5.74) is 2.75. The molecule has 100 valence electrons. The maximum absolute atomic E-state index is 5.50. The monoisotopic (exact) mass is 248 g/mol. The molecule has 3 heteroatoms. The fourth-order valence-electron chi connectivity index (χ4n) is 2.54. The van der Waals surface area contributed by atoms with Crippen LogP contribution in [-0.4, -0.2) is 32.8 Å². The van der Waals surface area contributed by atoms with Gasteiger partial charge in [-0.2, -0.15) is 0 Å². The maximum atomic E-state index is 5.50. The molecule has 1 aliphatic rings. The molecule has 1 aliphatic heterocycles. The van der Waals surface area contributed by atoms with Crippen molar-refractivity contribution >= 4 is 5.69 Å². The number of hydrogen-bond acceptors (Lipinski definition) is 3. The molecule has 0 bridgehead atoms. The maximum Gasteiger partial charge on any atom is 0.142 e. The highest BCUT2D eigenvalue weighted by atomic mass is 16.5. The summed E-state index contributed by atoms with van der Waals surface area (Å²) in [4.78, 5) is 2.43. The minimum atomic E-state index is 0.286. The van der Waals surface area contributed by atoms with Gasteiger partial charge in [0.15, 0.2) is 0 Å². The second-order valence-electron chi connectivity index (χ2n) is 5.47. The summed E-state index contributed by atoms with van der Waals surface area (Å²) >= 11 is 0. The average Bonchev–Trinajstić information content (AvgIpc) is 2.40. The second-order valence-corrected chi connectivity index (χ2v) is 5.47. The lowest BCUT2D eigenvalue weighted by Crippen LogP contribution is -2.50. The number of rotatable bonds is 3. The van der Waals surface area contributed by atoms with Crippen LogP contribution in [0, 0.1) is 6.92 Å². The highest BCUT2D eigenvalue weighted by Crippen LogP contribution is 2.33. The lowest BCUT2D eigenvalue weighted by atomic mass is 9.89. The van der Waals surface area contributed by atoms with Crippen molar-refractivity contribution < 1.29 is 4.74 Å². The van der Waals surface area contributed by atoms with Crippen molar-refractivity contribution in [2.45, 2.75) is 32.2 Å². The predicted octanol–water partition coefficient (Wildman–Crippen LogP) is 2.58. The van der Waals surface area contributed by atoms with Gasteiger partial charge in [0.25, 0.3) is 0 Å². The molecule has 0 aliphatic carbocycles. The number of methoxy groups -OCH3 is 1. The molecule has 1 saturated heterocycles. The molecule has 1 aromatic rings. The van der Waals surface area contributed by atoms with Crippen LogP contribution in [0.3, 0.4) is 0 Å². The zero-order chi connectivity index (χ0) is 13.2. The summed E-state index contributed by atoms with van der Waals surface area (Å²) in [7, 11) is 3.81. The molecule has 0 unspecified atom stereocenters. The van der Waals surface area contributed by atoms with E-state index in [1.807, 2.05) is 0 Å². The molecule has 2 rings (SSSR count). The van der Waals surface area contributed by atoms with Gasteiger partial charge in [0.1, 0.15) is 5.75 Å². The Morgan fingerprint density at radius 1 is 1.28 bits per heavy atom. The molecule has 0 saturated carbocycles. The number of nitrogens with zero attached hydrogens (tertiary/aromatic N) is 1. The van der Waals surface area contributed by atoms with Crippen LogP contribution in [0.5, 0.6) is 5.75 Å². The third-order valence-electron chi connectivity index (χ3n) is 4.15. The van der Waals surface area contributed by atoms with Crippen LogP contribution in [0.1, 0.15) is 25.3 Å². The van der Waals surface area contributed by atoms with Gasteiger partial charge in [0, 0.05) is 18.6 Å². The van der Waals surface area contributed by atoms with E-state index in [0.29, 0.717) is 0 Å². The zero-order valence-corrected chi connectivity index (χ0v) is 11.9. The van der Waals surface area contributed by atoms with Gasteiger partial charge in [0.05, 0.1) is 12.8 Å². The quantitative estimate of drug-likeness (QED) is 0.890. The second kappa shape index (κ2) is 5.19. The first kappa shape index (κ1) is 13.2. The molecule has 0 radical (unpaired) electrons. The predicted molar refractivity (Wildman–Crippen MR) is 76.6 cm³/mol. The van der Waals surface area contributed by atoms with E-state index >= 15 is 0 Å². The number of ether oxygens (including phenoxy) is 1. The van der Waals surface area contributed by atoms with Crippen LogP contribution in [0.25, 0.3) is 0 Å². The third-order valence-corrected chi connectivity index (χ3v) is 4.15. The Kier molecular flexibility index (Phi) is 3.81. The van der Waals surface area contributed by atoms with Crippen LogP contribution >= 0.6 is 0 Å². The van der Waals surface area contributed by atoms with Crippen molar-refractivity contribution in [3.8, 4) is 5.75 Å². The van der Waals surface area contributed by atoms with Gasteiger partial charge in [-0.25, -0.2) is 0 Å². The number of aryl methyl sites for hydroxylation is 1. The molecule has 0 amide bonds. The Balaban J connectivity index is 2.14. The third kappa shape index (κ3) is 2.61. The molecule has 1 fully saturated rings. The van der Waals surface area contributed by atoms with E-state index in [1.165, 1.54) is 24.1 Å². The topological polar surface area (TPSA) is 24.5 Å². The van der Waals surface area contributed by atoms with Gasteiger partial charge in [-0.1, -0.05) is 6.07 Å². The zero-order valence-electron chi connectivity index (χ0n) is 11.9. The van der Waals surface area contributed by atoms with E-state index in [1.54, 1.807) is 7.11 Å². The summed E-state index contributed by atoms with van der Waals surface area (Å²) in [5, 5.41) is 3.43. The van der Waals surface area contributed by atoms with Crippen LogP contribution in [0.15, 0.2) is 18.2 Å². The van der Waals surface area contributed by atoms with Gasteiger partial charge < -0.3 is 15.0 Å². The van der Waals surface area contributed by atoms with E-state index in [-0.39, 0.29) is 5.54 Å². The fourth-order valence-corrected chi connectivity index (χ4v) is 2.54. The molecular weight excluding hydrogens is 224 g/mol. The van der Waals surface area contributed by atoms with Gasteiger partial charge in [0.2, 0.25) is 0 Å². The van der Waals surface area contributed by atoms with Crippen LogP contribution in [0.4, 0.5) is 5.69 Å². The molecule has 1 aromatic carbocycles. The van der Waals surface area contributed by atoms with E-state index in [2.05, 4.69) is 49.3 Å². The fraction of sp³-hybridized carbons (Fsp3) is 0.600. The van der Waals surface area contributed by atoms with Gasteiger partial charge in [-0.15, -0.1) is 0 Å². The minimum Gasteiger partial charge on any atom is -0.495 e. The SMILES string of the molecule is CNC1(C)CCN(c2ccc(C)cc2OC)CC1. The lowest BCUT2D eigenvalue weighted by molar-refractivity contribution is 0.303. The van der Waals surface area contributed by atoms with Gasteiger partial charge in [-0.05, 0) is 51.4 Å². The standard InChI is InChI=1S/C15H24N2O/c1-12-5-6-13(14(11-12)18-4)17-9-7-15(2,16-3)8-10-17/h5-6,11,16H,7-10H2,1-4H3. The van der Waals surface area contributed by atoms with Crippen molar-refractivity contribution in [3.63, 3.8) is 0 Å². The van der Waals surface area contributed by atoms with Gasteiger partial charge >= 0.3 is 0 Å². The smallest absolute Gasteiger partial charge is 0.142 e. The Morgan fingerprint density at radius 2 is 1.94 bits per heavy atom. The summed E-state index contributed by atoms with van der Waals surface area (Å²) in [6.07, 6.45) is 2.33. The van der Waals surface area contributed by atoms with E-state index in [4.69, 9.17) is 4.74 Å². The van der Waals surface area contributed by atoms with Crippen molar-refractivity contribution in [3.05, 3.63) is 23.8 Å². The first-order chi connectivity index (χ1) is 8.58. The number of benzene rings is 1. The first-order valence-electron chi connectivity index (χ1n) is 6.66. The van der Waals surface area contributed by atoms with E-state index in [0.717, 1.165) is 18.8 Å². The van der Waals surface area contributed by atoms with Crippen molar-refractivity contribution in [1.82, 2.24) is 5.32 Å². The van der Waals surface area contributed by atoms with Crippen LogP contribution in [-0.2, 0) is 0 Å². The Bertz CT molecular complexity index is 409. The largest absolute Gasteiger partial charge is 0.495 e. The summed E-state index contributed by atoms with van der Waals surface area (Å²) in [5.74, 6) is 0.989. The highest BCUT2D eigenvalue weighted by molar-refractivity contribution is 5.60. The molecule has 0 atom stereocenters. The molecule has 1 N–H and O–H groups in total. The first-order valence-corrected chi connectivity index (χ1v) is 6.66. The normalized spacial score (nSPS) is 18.8. The summed E-state index contributed by atoms with van der Waals surface area (Å²) in [6.45, 7) is 6.56. The number of piperidine rings is 1. The van der Waals surface area contributed by atoms with Gasteiger partial charge in [-0.3, -0.25) is 0 Å². The molecule has 18 heavy (non-hydrogen) atoms. The van der Waals surface area contributed by atoms with Crippen LogP contribution < -0.4 is 15.0 Å². The average molecular weight is 248 g/mol.